The summed E-state index contributed by atoms with van der Waals surface area (Å²) < 4.78 is 0. The number of hydrogen-bond acceptors (Lipinski definition) is 3. The molecular weight excluding hydrogens is 200 g/mol. The fourth-order valence-corrected chi connectivity index (χ4v) is 3.05. The van der Waals surface area contributed by atoms with Crippen LogP contribution in [0.15, 0.2) is 0 Å². The third-order valence-electron chi connectivity index (χ3n) is 4.13. The molecular formula is C13H22N2O. The lowest BCUT2D eigenvalue weighted by Crippen LogP contribution is -2.46. The van der Waals surface area contributed by atoms with Crippen LogP contribution in [0.25, 0.3) is 0 Å². The van der Waals surface area contributed by atoms with Crippen molar-refractivity contribution < 1.29 is 5.11 Å². The zero-order chi connectivity index (χ0) is 11.4. The summed E-state index contributed by atoms with van der Waals surface area (Å²) in [4.78, 5) is 2.42. The molecule has 0 aromatic heterocycles. The van der Waals surface area contributed by atoms with E-state index >= 15 is 0 Å². The molecule has 1 aliphatic carbocycles. The molecule has 1 saturated carbocycles. The number of aliphatic hydroxyl groups excluding tert-OH is 1. The lowest BCUT2D eigenvalue weighted by molar-refractivity contribution is 0.0293. The first-order valence-corrected chi connectivity index (χ1v) is 6.63. The van der Waals surface area contributed by atoms with Crippen LogP contribution in [0.3, 0.4) is 0 Å². The van der Waals surface area contributed by atoms with Crippen molar-refractivity contribution in [1.29, 1.82) is 5.26 Å². The van der Waals surface area contributed by atoms with Crippen molar-refractivity contribution in [3.8, 4) is 6.07 Å². The van der Waals surface area contributed by atoms with Crippen LogP contribution in [0, 0.1) is 17.2 Å². The van der Waals surface area contributed by atoms with Gasteiger partial charge in [-0.25, -0.2) is 0 Å². The third-order valence-corrected chi connectivity index (χ3v) is 4.13. The van der Waals surface area contributed by atoms with Crippen LogP contribution in [0.2, 0.25) is 0 Å². The number of likely N-dealkylation sites (tertiary alicyclic amines) is 1. The summed E-state index contributed by atoms with van der Waals surface area (Å²) in [6, 6.07) is 2.72. The number of piperidine rings is 1. The normalized spacial score (nSPS) is 34.2. The molecule has 0 spiro atoms. The fourth-order valence-electron chi connectivity index (χ4n) is 3.05. The van der Waals surface area contributed by atoms with Gasteiger partial charge in [0.2, 0.25) is 0 Å². The highest BCUT2D eigenvalue weighted by Crippen LogP contribution is 2.26. The van der Waals surface area contributed by atoms with Gasteiger partial charge in [0.05, 0.1) is 12.2 Å². The minimum Gasteiger partial charge on any atom is -0.391 e. The van der Waals surface area contributed by atoms with Gasteiger partial charge in [-0.3, -0.25) is 4.90 Å². The van der Waals surface area contributed by atoms with E-state index in [1.165, 1.54) is 19.3 Å². The van der Waals surface area contributed by atoms with Crippen molar-refractivity contribution in [3.63, 3.8) is 0 Å². The Kier molecular flexibility index (Phi) is 4.20. The summed E-state index contributed by atoms with van der Waals surface area (Å²) in [5.41, 5.74) is 0. The average molecular weight is 222 g/mol. The quantitative estimate of drug-likeness (QED) is 0.689. The molecule has 1 N–H and O–H groups in total. The molecule has 1 saturated heterocycles. The monoisotopic (exact) mass is 222 g/mol. The molecule has 2 unspecified atom stereocenters. The van der Waals surface area contributed by atoms with E-state index in [2.05, 4.69) is 11.0 Å². The molecule has 2 aliphatic rings. The van der Waals surface area contributed by atoms with E-state index in [1.54, 1.807) is 0 Å². The van der Waals surface area contributed by atoms with E-state index in [9.17, 15) is 5.11 Å². The Hall–Kier alpha value is -0.590. The summed E-state index contributed by atoms with van der Waals surface area (Å²) in [6.07, 6.45) is 7.62. The topological polar surface area (TPSA) is 47.3 Å². The fraction of sp³-hybridized carbons (Fsp3) is 0.923. The highest BCUT2D eigenvalue weighted by atomic mass is 16.3. The number of aliphatic hydroxyl groups is 1. The van der Waals surface area contributed by atoms with Crippen LogP contribution in [0.1, 0.15) is 44.9 Å². The third kappa shape index (κ3) is 2.75. The molecule has 2 fully saturated rings. The Morgan fingerprint density at radius 1 is 1.00 bits per heavy atom. The molecule has 3 heteroatoms. The predicted molar refractivity (Wildman–Crippen MR) is 62.8 cm³/mol. The van der Waals surface area contributed by atoms with E-state index in [-0.39, 0.29) is 12.0 Å². The van der Waals surface area contributed by atoms with Gasteiger partial charge in [-0.15, -0.1) is 0 Å². The zero-order valence-corrected chi connectivity index (χ0v) is 9.94. The molecule has 16 heavy (non-hydrogen) atoms. The van der Waals surface area contributed by atoms with E-state index in [0.29, 0.717) is 6.04 Å². The van der Waals surface area contributed by atoms with Gasteiger partial charge in [-0.05, 0) is 38.8 Å². The smallest absolute Gasteiger partial charge is 0.0695 e. The first kappa shape index (κ1) is 11.9. The second-order valence-electron chi connectivity index (χ2n) is 5.21. The van der Waals surface area contributed by atoms with Crippen LogP contribution in [-0.4, -0.2) is 35.2 Å². The van der Waals surface area contributed by atoms with Crippen molar-refractivity contribution in [2.45, 2.75) is 57.1 Å². The van der Waals surface area contributed by atoms with Crippen molar-refractivity contribution in [2.75, 3.05) is 13.1 Å². The summed E-state index contributed by atoms with van der Waals surface area (Å²) in [6.45, 7) is 2.00. The Morgan fingerprint density at radius 3 is 2.38 bits per heavy atom. The molecule has 2 atom stereocenters. The van der Waals surface area contributed by atoms with Gasteiger partial charge in [0.15, 0.2) is 0 Å². The van der Waals surface area contributed by atoms with E-state index in [0.717, 1.165) is 38.8 Å². The Balaban J connectivity index is 1.89. The maximum atomic E-state index is 10.1. The van der Waals surface area contributed by atoms with Gasteiger partial charge in [-0.1, -0.05) is 19.3 Å². The zero-order valence-electron chi connectivity index (χ0n) is 9.94. The summed E-state index contributed by atoms with van der Waals surface area (Å²) in [7, 11) is 0. The van der Waals surface area contributed by atoms with Gasteiger partial charge >= 0.3 is 0 Å². The molecule has 1 heterocycles. The van der Waals surface area contributed by atoms with Crippen LogP contribution in [-0.2, 0) is 0 Å². The number of nitrogens with zero attached hydrogens (tertiary/aromatic N) is 2. The standard InChI is InChI=1S/C13H22N2O/c14-10-11-6-8-15(9-7-11)12-4-2-1-3-5-13(12)16/h11-13,16H,1-9H2. The van der Waals surface area contributed by atoms with Crippen molar-refractivity contribution >= 4 is 0 Å². The van der Waals surface area contributed by atoms with E-state index in [4.69, 9.17) is 5.26 Å². The molecule has 0 radical (unpaired) electrons. The predicted octanol–water partition coefficient (Wildman–Crippen LogP) is 1.92. The van der Waals surface area contributed by atoms with E-state index in [1.807, 2.05) is 0 Å². The lowest BCUT2D eigenvalue weighted by atomic mass is 9.95. The van der Waals surface area contributed by atoms with Crippen molar-refractivity contribution in [3.05, 3.63) is 0 Å². The molecule has 0 aromatic rings. The number of rotatable bonds is 1. The van der Waals surface area contributed by atoms with E-state index < -0.39 is 0 Å². The van der Waals surface area contributed by atoms with Gasteiger partial charge in [0, 0.05) is 12.0 Å². The Labute approximate surface area is 98.1 Å². The maximum absolute atomic E-state index is 10.1. The molecule has 2 rings (SSSR count). The largest absolute Gasteiger partial charge is 0.391 e. The van der Waals surface area contributed by atoms with Crippen molar-refractivity contribution in [1.82, 2.24) is 4.90 Å². The van der Waals surface area contributed by atoms with Crippen LogP contribution in [0.4, 0.5) is 0 Å². The van der Waals surface area contributed by atoms with Gasteiger partial charge in [0.25, 0.3) is 0 Å². The van der Waals surface area contributed by atoms with Crippen LogP contribution in [0.5, 0.6) is 0 Å². The molecule has 0 bridgehead atoms. The number of nitriles is 1. The molecule has 0 aromatic carbocycles. The maximum Gasteiger partial charge on any atom is 0.0695 e. The minimum atomic E-state index is -0.138. The Bertz CT molecular complexity index is 253. The average Bonchev–Trinajstić information content (AvgIpc) is 2.54. The molecule has 1 aliphatic heterocycles. The van der Waals surface area contributed by atoms with Gasteiger partial charge < -0.3 is 5.11 Å². The SMILES string of the molecule is N#CC1CCN(C2CCCCCC2O)CC1. The van der Waals surface area contributed by atoms with Gasteiger partial charge in [0.1, 0.15) is 0 Å². The second kappa shape index (κ2) is 5.65. The van der Waals surface area contributed by atoms with Crippen molar-refractivity contribution in [2.24, 2.45) is 5.92 Å². The molecule has 0 amide bonds. The highest BCUT2D eigenvalue weighted by Gasteiger charge is 2.30. The highest BCUT2D eigenvalue weighted by molar-refractivity contribution is 4.91. The molecule has 3 nitrogen and oxygen atoms in total. The lowest BCUT2D eigenvalue weighted by Gasteiger charge is -2.37. The first-order chi connectivity index (χ1) is 7.81. The first-order valence-electron chi connectivity index (χ1n) is 6.63. The second-order valence-corrected chi connectivity index (χ2v) is 5.21. The number of hydrogen-bond donors (Lipinski definition) is 1. The summed E-state index contributed by atoms with van der Waals surface area (Å²) >= 11 is 0. The van der Waals surface area contributed by atoms with Crippen LogP contribution < -0.4 is 0 Å². The Morgan fingerprint density at radius 2 is 1.69 bits per heavy atom. The van der Waals surface area contributed by atoms with Crippen LogP contribution >= 0.6 is 0 Å². The summed E-state index contributed by atoms with van der Waals surface area (Å²) in [5.74, 6) is 0.249. The van der Waals surface area contributed by atoms with Gasteiger partial charge in [-0.2, -0.15) is 5.26 Å². The minimum absolute atomic E-state index is 0.138. The molecule has 90 valence electrons. The summed E-state index contributed by atoms with van der Waals surface area (Å²) in [5, 5.41) is 19.0.